The SMILES string of the molecule is CC1CCC(NCC2CCC2)CC1. The lowest BCUT2D eigenvalue weighted by Crippen LogP contribution is -2.37. The van der Waals surface area contributed by atoms with Gasteiger partial charge in [0.1, 0.15) is 0 Å². The number of nitrogens with one attached hydrogen (secondary N) is 1. The Bertz CT molecular complexity index is 143. The molecule has 2 aliphatic carbocycles. The maximum absolute atomic E-state index is 3.74. The van der Waals surface area contributed by atoms with Gasteiger partial charge in [-0.05, 0) is 56.9 Å². The molecule has 0 saturated heterocycles. The van der Waals surface area contributed by atoms with Gasteiger partial charge in [-0.3, -0.25) is 0 Å². The van der Waals surface area contributed by atoms with E-state index in [0.29, 0.717) is 0 Å². The van der Waals surface area contributed by atoms with E-state index in [4.69, 9.17) is 0 Å². The molecule has 0 heterocycles. The van der Waals surface area contributed by atoms with Crippen molar-refractivity contribution in [3.63, 3.8) is 0 Å². The summed E-state index contributed by atoms with van der Waals surface area (Å²) in [5.41, 5.74) is 0. The molecule has 0 aromatic carbocycles. The fourth-order valence-corrected chi connectivity index (χ4v) is 2.49. The molecule has 0 atom stereocenters. The van der Waals surface area contributed by atoms with E-state index in [2.05, 4.69) is 12.2 Å². The van der Waals surface area contributed by atoms with Crippen LogP contribution in [0.1, 0.15) is 51.9 Å². The van der Waals surface area contributed by atoms with Crippen LogP contribution in [0.2, 0.25) is 0 Å². The van der Waals surface area contributed by atoms with Crippen molar-refractivity contribution in [2.24, 2.45) is 11.8 Å². The highest BCUT2D eigenvalue weighted by atomic mass is 14.9. The van der Waals surface area contributed by atoms with Gasteiger partial charge < -0.3 is 5.32 Å². The molecule has 13 heavy (non-hydrogen) atoms. The van der Waals surface area contributed by atoms with E-state index in [9.17, 15) is 0 Å². The van der Waals surface area contributed by atoms with E-state index >= 15 is 0 Å². The van der Waals surface area contributed by atoms with Crippen molar-refractivity contribution in [3.05, 3.63) is 0 Å². The van der Waals surface area contributed by atoms with Crippen molar-refractivity contribution in [1.29, 1.82) is 0 Å². The molecular formula is C12H23N. The summed E-state index contributed by atoms with van der Waals surface area (Å²) in [6.07, 6.45) is 10.2. The summed E-state index contributed by atoms with van der Waals surface area (Å²) in [6, 6.07) is 0.858. The third-order valence-corrected chi connectivity index (χ3v) is 3.94. The van der Waals surface area contributed by atoms with Crippen LogP contribution in [0.5, 0.6) is 0 Å². The van der Waals surface area contributed by atoms with Crippen LogP contribution in [0, 0.1) is 11.8 Å². The smallest absolute Gasteiger partial charge is 0.00673 e. The minimum absolute atomic E-state index is 0.858. The molecule has 2 saturated carbocycles. The van der Waals surface area contributed by atoms with Crippen LogP contribution >= 0.6 is 0 Å². The lowest BCUT2D eigenvalue weighted by atomic mass is 9.84. The van der Waals surface area contributed by atoms with Crippen molar-refractivity contribution in [2.45, 2.75) is 57.9 Å². The Kier molecular flexibility index (Phi) is 3.26. The molecule has 1 N–H and O–H groups in total. The van der Waals surface area contributed by atoms with E-state index in [1.165, 1.54) is 51.5 Å². The van der Waals surface area contributed by atoms with Crippen LogP contribution in [-0.2, 0) is 0 Å². The Hall–Kier alpha value is -0.0400. The maximum Gasteiger partial charge on any atom is 0.00673 e. The Balaban J connectivity index is 1.59. The first-order valence-electron chi connectivity index (χ1n) is 6.08. The highest BCUT2D eigenvalue weighted by molar-refractivity contribution is 4.78. The highest BCUT2D eigenvalue weighted by Gasteiger charge is 2.21. The molecule has 0 aromatic rings. The monoisotopic (exact) mass is 181 g/mol. The molecule has 0 radical (unpaired) electrons. The molecule has 1 nitrogen and oxygen atoms in total. The summed E-state index contributed by atoms with van der Waals surface area (Å²) < 4.78 is 0. The lowest BCUT2D eigenvalue weighted by Gasteiger charge is -2.31. The molecule has 1 heteroatoms. The van der Waals surface area contributed by atoms with Gasteiger partial charge in [0.15, 0.2) is 0 Å². The predicted octanol–water partition coefficient (Wildman–Crippen LogP) is 2.95. The topological polar surface area (TPSA) is 12.0 Å². The van der Waals surface area contributed by atoms with E-state index in [-0.39, 0.29) is 0 Å². The van der Waals surface area contributed by atoms with Crippen molar-refractivity contribution in [2.75, 3.05) is 6.54 Å². The van der Waals surface area contributed by atoms with Crippen molar-refractivity contribution in [3.8, 4) is 0 Å². The van der Waals surface area contributed by atoms with E-state index in [1.807, 2.05) is 0 Å². The second-order valence-electron chi connectivity index (χ2n) is 5.16. The minimum atomic E-state index is 0.858. The zero-order valence-electron chi connectivity index (χ0n) is 8.89. The van der Waals surface area contributed by atoms with Gasteiger partial charge in [0.2, 0.25) is 0 Å². The van der Waals surface area contributed by atoms with Crippen LogP contribution in [0.25, 0.3) is 0 Å². The third-order valence-electron chi connectivity index (χ3n) is 3.94. The molecule has 0 aromatic heterocycles. The molecule has 2 fully saturated rings. The normalized spacial score (nSPS) is 35.8. The average molecular weight is 181 g/mol. The predicted molar refractivity (Wildman–Crippen MR) is 56.8 cm³/mol. The summed E-state index contributed by atoms with van der Waals surface area (Å²) >= 11 is 0. The largest absolute Gasteiger partial charge is 0.314 e. The Morgan fingerprint density at radius 3 is 2.23 bits per heavy atom. The Labute approximate surface area is 82.3 Å². The molecular weight excluding hydrogens is 158 g/mol. The van der Waals surface area contributed by atoms with Crippen LogP contribution in [0.3, 0.4) is 0 Å². The van der Waals surface area contributed by atoms with E-state index in [1.54, 1.807) is 0 Å². The van der Waals surface area contributed by atoms with E-state index in [0.717, 1.165) is 17.9 Å². The van der Waals surface area contributed by atoms with E-state index < -0.39 is 0 Å². The van der Waals surface area contributed by atoms with Gasteiger partial charge in [-0.25, -0.2) is 0 Å². The van der Waals surface area contributed by atoms with Gasteiger partial charge in [0, 0.05) is 6.04 Å². The minimum Gasteiger partial charge on any atom is -0.314 e. The molecule has 2 aliphatic rings. The first kappa shape index (κ1) is 9.51. The van der Waals surface area contributed by atoms with Crippen LogP contribution in [0.4, 0.5) is 0 Å². The van der Waals surface area contributed by atoms with Gasteiger partial charge in [-0.15, -0.1) is 0 Å². The standard InChI is InChI=1S/C12H23N/c1-10-5-7-12(8-6-10)13-9-11-3-2-4-11/h10-13H,2-9H2,1H3. The second kappa shape index (κ2) is 4.45. The number of hydrogen-bond acceptors (Lipinski definition) is 1. The highest BCUT2D eigenvalue weighted by Crippen LogP contribution is 2.27. The molecule has 76 valence electrons. The van der Waals surface area contributed by atoms with Crippen molar-refractivity contribution < 1.29 is 0 Å². The zero-order valence-corrected chi connectivity index (χ0v) is 8.89. The maximum atomic E-state index is 3.74. The molecule has 0 amide bonds. The van der Waals surface area contributed by atoms with Crippen LogP contribution < -0.4 is 5.32 Å². The number of rotatable bonds is 3. The first-order valence-corrected chi connectivity index (χ1v) is 6.08. The Morgan fingerprint density at radius 1 is 1.00 bits per heavy atom. The summed E-state index contributed by atoms with van der Waals surface area (Å²) in [6.45, 7) is 3.70. The molecule has 0 spiro atoms. The molecule has 0 aliphatic heterocycles. The number of hydrogen-bond donors (Lipinski definition) is 1. The molecule has 2 rings (SSSR count). The summed E-state index contributed by atoms with van der Waals surface area (Å²) in [7, 11) is 0. The van der Waals surface area contributed by atoms with Gasteiger partial charge in [0.25, 0.3) is 0 Å². The van der Waals surface area contributed by atoms with Gasteiger partial charge in [-0.1, -0.05) is 13.3 Å². The summed E-state index contributed by atoms with van der Waals surface area (Å²) in [4.78, 5) is 0. The lowest BCUT2D eigenvalue weighted by molar-refractivity contribution is 0.253. The van der Waals surface area contributed by atoms with Gasteiger partial charge >= 0.3 is 0 Å². The second-order valence-corrected chi connectivity index (χ2v) is 5.16. The fraction of sp³-hybridized carbons (Fsp3) is 1.00. The molecule has 0 unspecified atom stereocenters. The summed E-state index contributed by atoms with van der Waals surface area (Å²) in [5.74, 6) is 2.01. The average Bonchev–Trinajstić information content (AvgIpc) is 2.05. The molecule has 0 bridgehead atoms. The van der Waals surface area contributed by atoms with Crippen molar-refractivity contribution >= 4 is 0 Å². The summed E-state index contributed by atoms with van der Waals surface area (Å²) in [5, 5.41) is 3.74. The van der Waals surface area contributed by atoms with Crippen molar-refractivity contribution in [1.82, 2.24) is 5.32 Å². The third kappa shape index (κ3) is 2.70. The zero-order chi connectivity index (χ0) is 9.10. The van der Waals surface area contributed by atoms with Gasteiger partial charge in [-0.2, -0.15) is 0 Å². The van der Waals surface area contributed by atoms with Gasteiger partial charge in [0.05, 0.1) is 0 Å². The first-order chi connectivity index (χ1) is 6.34. The van der Waals surface area contributed by atoms with Crippen LogP contribution in [0.15, 0.2) is 0 Å². The fourth-order valence-electron chi connectivity index (χ4n) is 2.49. The quantitative estimate of drug-likeness (QED) is 0.706. The Morgan fingerprint density at radius 2 is 1.69 bits per heavy atom. The van der Waals surface area contributed by atoms with Crippen LogP contribution in [-0.4, -0.2) is 12.6 Å².